The fourth-order valence-electron chi connectivity index (χ4n) is 4.88. The minimum absolute atomic E-state index is 0.0890. The zero-order valence-corrected chi connectivity index (χ0v) is 23.7. The molecule has 1 aliphatic carbocycles. The summed E-state index contributed by atoms with van der Waals surface area (Å²) in [5.74, 6) is -0.0890. The van der Waals surface area contributed by atoms with Crippen LogP contribution in [0, 0.1) is 20.8 Å². The Morgan fingerprint density at radius 3 is 2.51 bits per heavy atom. The van der Waals surface area contributed by atoms with E-state index in [9.17, 15) is 9.59 Å². The number of benzene rings is 2. The van der Waals surface area contributed by atoms with Crippen LogP contribution in [-0.4, -0.2) is 22.7 Å². The molecule has 3 N–H and O–H groups in total. The first kappa shape index (κ1) is 26.7. The van der Waals surface area contributed by atoms with Crippen molar-refractivity contribution in [3.8, 4) is 5.00 Å². The smallest absolute Gasteiger partial charge is 0.322 e. The maximum absolute atomic E-state index is 13.7. The first-order valence-corrected chi connectivity index (χ1v) is 14.1. The second-order valence-corrected chi connectivity index (χ2v) is 11.2. The molecular formula is C30H30ClN5O2S. The summed E-state index contributed by atoms with van der Waals surface area (Å²) in [5.41, 5.74) is 9.60. The number of fused-ring (bicyclic) bond motifs is 1. The molecule has 4 aromatic rings. The predicted octanol–water partition coefficient (Wildman–Crippen LogP) is 7.40. The Morgan fingerprint density at radius 1 is 1.00 bits per heavy atom. The zero-order chi connectivity index (χ0) is 27.5. The molecule has 7 nitrogen and oxygen atoms in total. The van der Waals surface area contributed by atoms with Gasteiger partial charge in [0.05, 0.1) is 22.5 Å². The number of nitrogens with zero attached hydrogens (tertiary/aromatic N) is 2. The van der Waals surface area contributed by atoms with Crippen LogP contribution in [-0.2, 0) is 12.8 Å². The highest BCUT2D eigenvalue weighted by Gasteiger charge is 2.28. The molecule has 2 heterocycles. The minimum Gasteiger partial charge on any atom is -0.322 e. The van der Waals surface area contributed by atoms with Crippen molar-refractivity contribution in [1.29, 1.82) is 0 Å². The molecule has 0 aliphatic heterocycles. The summed E-state index contributed by atoms with van der Waals surface area (Å²) in [5, 5.41) is 11.3. The van der Waals surface area contributed by atoms with Crippen LogP contribution in [0.1, 0.15) is 56.2 Å². The van der Waals surface area contributed by atoms with Crippen molar-refractivity contribution in [3.05, 3.63) is 98.1 Å². The van der Waals surface area contributed by atoms with Gasteiger partial charge in [0.15, 0.2) is 0 Å². The van der Waals surface area contributed by atoms with E-state index in [2.05, 4.69) is 25.7 Å². The molecule has 39 heavy (non-hydrogen) atoms. The molecule has 0 saturated heterocycles. The number of nitrogens with one attached hydrogen (secondary N) is 3. The van der Waals surface area contributed by atoms with Gasteiger partial charge < -0.3 is 15.2 Å². The summed E-state index contributed by atoms with van der Waals surface area (Å²) >= 11 is 7.81. The SMILES string of the molecule is Cc1ccc(NC(=O)c2c(-n3c(C)cc(/C=N/NC(=O)Nc4ccccc4Cl)c3C)sc3c2CCCC3)cc1. The van der Waals surface area contributed by atoms with Crippen LogP contribution in [0.5, 0.6) is 0 Å². The minimum atomic E-state index is -0.492. The van der Waals surface area contributed by atoms with Crippen LogP contribution in [0.25, 0.3) is 5.00 Å². The molecule has 0 saturated carbocycles. The number of halogens is 1. The number of rotatable bonds is 6. The number of aryl methyl sites for hydroxylation is 3. The van der Waals surface area contributed by atoms with E-state index in [-0.39, 0.29) is 5.91 Å². The second-order valence-electron chi connectivity index (χ2n) is 9.68. The van der Waals surface area contributed by atoms with Crippen molar-refractivity contribution in [2.45, 2.75) is 46.5 Å². The Bertz CT molecular complexity index is 1570. The molecule has 3 amide bonds. The molecule has 0 unspecified atom stereocenters. The molecular weight excluding hydrogens is 530 g/mol. The number of anilines is 2. The first-order valence-electron chi connectivity index (χ1n) is 12.9. The van der Waals surface area contributed by atoms with Gasteiger partial charge in [-0.1, -0.05) is 41.4 Å². The Balaban J connectivity index is 1.41. The van der Waals surface area contributed by atoms with E-state index in [4.69, 9.17) is 11.6 Å². The molecule has 2 aromatic heterocycles. The standard InChI is InChI=1S/C30H30ClN5O2S/c1-18-12-14-22(15-13-18)33-28(37)27-23-8-4-7-11-26(23)39-29(27)36-19(2)16-21(20(36)3)17-32-35-30(38)34-25-10-6-5-9-24(25)31/h5-6,9-10,12-17H,4,7-8,11H2,1-3H3,(H,33,37)(H2,34,35,38)/b32-17+. The lowest BCUT2D eigenvalue weighted by atomic mass is 9.95. The van der Waals surface area contributed by atoms with Gasteiger partial charge in [0.1, 0.15) is 5.00 Å². The van der Waals surface area contributed by atoms with Gasteiger partial charge in [0.2, 0.25) is 0 Å². The van der Waals surface area contributed by atoms with E-state index in [0.29, 0.717) is 10.7 Å². The molecule has 0 fully saturated rings. The number of urea groups is 1. The highest BCUT2D eigenvalue weighted by Crippen LogP contribution is 2.39. The van der Waals surface area contributed by atoms with Gasteiger partial charge in [-0.3, -0.25) is 4.79 Å². The summed E-state index contributed by atoms with van der Waals surface area (Å²) in [6, 6.07) is 16.4. The zero-order valence-electron chi connectivity index (χ0n) is 22.1. The fraction of sp³-hybridized carbons (Fsp3) is 0.233. The third-order valence-electron chi connectivity index (χ3n) is 6.85. The summed E-state index contributed by atoms with van der Waals surface area (Å²) in [7, 11) is 0. The number of thiophene rings is 1. The van der Waals surface area contributed by atoms with Gasteiger partial charge in [0.25, 0.3) is 5.91 Å². The van der Waals surface area contributed by atoms with Crippen molar-refractivity contribution in [2.24, 2.45) is 5.10 Å². The van der Waals surface area contributed by atoms with Gasteiger partial charge in [-0.2, -0.15) is 5.10 Å². The van der Waals surface area contributed by atoms with E-state index >= 15 is 0 Å². The summed E-state index contributed by atoms with van der Waals surface area (Å²) < 4.78 is 2.12. The van der Waals surface area contributed by atoms with Gasteiger partial charge in [-0.05, 0) is 82.3 Å². The Kier molecular flexibility index (Phi) is 7.86. The van der Waals surface area contributed by atoms with Crippen molar-refractivity contribution < 1.29 is 9.59 Å². The first-order chi connectivity index (χ1) is 18.8. The van der Waals surface area contributed by atoms with Crippen LogP contribution in [0.4, 0.5) is 16.2 Å². The quantitative estimate of drug-likeness (QED) is 0.170. The molecule has 5 rings (SSSR count). The maximum Gasteiger partial charge on any atom is 0.339 e. The third-order valence-corrected chi connectivity index (χ3v) is 8.46. The van der Waals surface area contributed by atoms with E-state index in [0.717, 1.165) is 70.0 Å². The van der Waals surface area contributed by atoms with Crippen LogP contribution in [0.2, 0.25) is 5.02 Å². The number of carbonyl (C=O) groups excluding carboxylic acids is 2. The van der Waals surface area contributed by atoms with Gasteiger partial charge in [-0.15, -0.1) is 11.3 Å². The number of hydrazone groups is 1. The Labute approximate surface area is 236 Å². The molecule has 0 radical (unpaired) electrons. The highest BCUT2D eigenvalue weighted by atomic mass is 35.5. The second kappa shape index (κ2) is 11.5. The molecule has 0 atom stereocenters. The number of aromatic nitrogens is 1. The van der Waals surface area contributed by atoms with E-state index in [1.165, 1.54) is 4.88 Å². The number of hydrogen-bond donors (Lipinski definition) is 3. The molecule has 200 valence electrons. The summed E-state index contributed by atoms with van der Waals surface area (Å²) in [6.45, 7) is 6.04. The Hall–Kier alpha value is -3.88. The molecule has 9 heteroatoms. The van der Waals surface area contributed by atoms with E-state index < -0.39 is 6.03 Å². The number of para-hydroxylation sites is 1. The molecule has 0 spiro atoms. The van der Waals surface area contributed by atoms with Crippen LogP contribution < -0.4 is 16.1 Å². The monoisotopic (exact) mass is 559 g/mol. The van der Waals surface area contributed by atoms with Crippen molar-refractivity contribution in [1.82, 2.24) is 9.99 Å². The lowest BCUT2D eigenvalue weighted by molar-refractivity contribution is 0.102. The summed E-state index contributed by atoms with van der Waals surface area (Å²) in [6.07, 6.45) is 5.72. The van der Waals surface area contributed by atoms with Gasteiger partial charge >= 0.3 is 6.03 Å². The van der Waals surface area contributed by atoms with Crippen LogP contribution >= 0.6 is 22.9 Å². The normalized spacial score (nSPS) is 12.8. The van der Waals surface area contributed by atoms with Crippen molar-refractivity contribution in [3.63, 3.8) is 0 Å². The maximum atomic E-state index is 13.7. The molecule has 0 bridgehead atoms. The third kappa shape index (κ3) is 5.77. The average molecular weight is 560 g/mol. The predicted molar refractivity (Wildman–Crippen MR) is 160 cm³/mol. The largest absolute Gasteiger partial charge is 0.339 e. The fourth-order valence-corrected chi connectivity index (χ4v) is 6.56. The lowest BCUT2D eigenvalue weighted by Crippen LogP contribution is -2.24. The van der Waals surface area contributed by atoms with Crippen LogP contribution in [0.15, 0.2) is 59.7 Å². The summed E-state index contributed by atoms with van der Waals surface area (Å²) in [4.78, 5) is 27.2. The van der Waals surface area contributed by atoms with Crippen LogP contribution in [0.3, 0.4) is 0 Å². The molecule has 1 aliphatic rings. The number of carbonyl (C=O) groups is 2. The van der Waals surface area contributed by atoms with E-state index in [1.54, 1.807) is 41.8 Å². The Morgan fingerprint density at radius 2 is 1.74 bits per heavy atom. The van der Waals surface area contributed by atoms with Gasteiger partial charge in [0, 0.05) is 27.5 Å². The van der Waals surface area contributed by atoms with E-state index in [1.807, 2.05) is 51.1 Å². The number of hydrogen-bond acceptors (Lipinski definition) is 4. The lowest BCUT2D eigenvalue weighted by Gasteiger charge is -2.14. The highest BCUT2D eigenvalue weighted by molar-refractivity contribution is 7.15. The average Bonchev–Trinajstić information content (AvgIpc) is 3.42. The molecule has 2 aromatic carbocycles. The van der Waals surface area contributed by atoms with Gasteiger partial charge in [-0.25, -0.2) is 10.2 Å². The van der Waals surface area contributed by atoms with Crippen molar-refractivity contribution >= 4 is 52.5 Å². The number of amides is 3. The topological polar surface area (TPSA) is 87.5 Å². The van der Waals surface area contributed by atoms with Crippen molar-refractivity contribution in [2.75, 3.05) is 10.6 Å².